The fourth-order valence-corrected chi connectivity index (χ4v) is 2.15. The van der Waals surface area contributed by atoms with E-state index in [2.05, 4.69) is 25.2 Å². The van der Waals surface area contributed by atoms with Crippen LogP contribution in [0.5, 0.6) is 0 Å². The molecular weight excluding hydrogens is 236 g/mol. The van der Waals surface area contributed by atoms with E-state index in [9.17, 15) is 4.79 Å². The van der Waals surface area contributed by atoms with Gasteiger partial charge in [-0.15, -0.1) is 0 Å². The summed E-state index contributed by atoms with van der Waals surface area (Å²) in [5, 5.41) is 3.04. The molecule has 0 unspecified atom stereocenters. The Hall–Kier alpha value is -1.35. The molecule has 0 aliphatic carbocycles. The van der Waals surface area contributed by atoms with Gasteiger partial charge in [0.05, 0.1) is 5.54 Å². The highest BCUT2D eigenvalue weighted by Gasteiger charge is 2.30. The molecule has 0 saturated carbocycles. The first kappa shape index (κ1) is 15.7. The van der Waals surface area contributed by atoms with E-state index in [0.29, 0.717) is 18.8 Å². The molecule has 0 fully saturated rings. The minimum atomic E-state index is -0.781. The lowest BCUT2D eigenvalue weighted by Crippen LogP contribution is -2.50. The third-order valence-corrected chi connectivity index (χ3v) is 3.88. The van der Waals surface area contributed by atoms with E-state index >= 15 is 0 Å². The Balaban J connectivity index is 3.09. The lowest BCUT2D eigenvalue weighted by atomic mass is 9.92. The van der Waals surface area contributed by atoms with Gasteiger partial charge in [-0.1, -0.05) is 45.9 Å². The van der Waals surface area contributed by atoms with E-state index < -0.39 is 5.54 Å². The van der Waals surface area contributed by atoms with E-state index in [1.165, 1.54) is 0 Å². The fraction of sp³-hybridized carbons (Fsp3) is 0.562. The third-order valence-electron chi connectivity index (χ3n) is 3.88. The van der Waals surface area contributed by atoms with Gasteiger partial charge in [0.2, 0.25) is 5.91 Å². The van der Waals surface area contributed by atoms with Crippen molar-refractivity contribution in [3.63, 3.8) is 0 Å². The molecule has 0 aliphatic heterocycles. The Morgan fingerprint density at radius 2 is 1.89 bits per heavy atom. The Kier molecular flexibility index (Phi) is 5.12. The van der Waals surface area contributed by atoms with E-state index in [0.717, 1.165) is 16.8 Å². The number of nitrogens with one attached hydrogen (secondary N) is 1. The predicted molar refractivity (Wildman–Crippen MR) is 81.4 cm³/mol. The maximum absolute atomic E-state index is 12.4. The van der Waals surface area contributed by atoms with Crippen LogP contribution in [0.25, 0.3) is 0 Å². The molecule has 3 heteroatoms. The predicted octanol–water partition coefficient (Wildman–Crippen LogP) is 3.57. The largest absolute Gasteiger partial charge is 0.324 e. The topological polar surface area (TPSA) is 55.1 Å². The molecule has 0 atom stereocenters. The average molecular weight is 262 g/mol. The van der Waals surface area contributed by atoms with Crippen LogP contribution in [0.3, 0.4) is 0 Å². The zero-order valence-corrected chi connectivity index (χ0v) is 12.7. The highest BCUT2D eigenvalue weighted by molar-refractivity contribution is 5.99. The molecule has 3 nitrogen and oxygen atoms in total. The van der Waals surface area contributed by atoms with Crippen LogP contribution in [0.4, 0.5) is 5.69 Å². The summed E-state index contributed by atoms with van der Waals surface area (Å²) in [5.74, 6) is 0.277. The second-order valence-corrected chi connectivity index (χ2v) is 5.51. The number of nitrogens with two attached hydrogens (primary N) is 1. The first-order chi connectivity index (χ1) is 8.85. The lowest BCUT2D eigenvalue weighted by Gasteiger charge is -2.27. The zero-order chi connectivity index (χ0) is 14.6. The summed E-state index contributed by atoms with van der Waals surface area (Å²) in [6.45, 7) is 10.2. The standard InChI is InChI=1S/C16H26N2O/c1-6-16(17,7-2)15(19)18-14-12(5)9-8-10-13(14)11(3)4/h8-11H,6-7,17H2,1-5H3,(H,18,19). The van der Waals surface area contributed by atoms with Gasteiger partial charge in [-0.3, -0.25) is 4.79 Å². The number of hydrogen-bond acceptors (Lipinski definition) is 2. The van der Waals surface area contributed by atoms with Crippen LogP contribution < -0.4 is 11.1 Å². The van der Waals surface area contributed by atoms with Crippen LogP contribution in [-0.2, 0) is 4.79 Å². The number of para-hydroxylation sites is 1. The molecule has 0 radical (unpaired) electrons. The molecule has 0 aliphatic rings. The van der Waals surface area contributed by atoms with E-state index in [1.54, 1.807) is 0 Å². The summed E-state index contributed by atoms with van der Waals surface area (Å²) in [6, 6.07) is 6.09. The van der Waals surface area contributed by atoms with Gasteiger partial charge in [0, 0.05) is 5.69 Å². The molecule has 106 valence electrons. The number of benzene rings is 1. The summed E-state index contributed by atoms with van der Waals surface area (Å²) < 4.78 is 0. The van der Waals surface area contributed by atoms with Crippen molar-refractivity contribution in [2.24, 2.45) is 5.73 Å². The number of aryl methyl sites for hydroxylation is 1. The molecule has 19 heavy (non-hydrogen) atoms. The van der Waals surface area contributed by atoms with Crippen molar-refractivity contribution in [2.75, 3.05) is 5.32 Å². The van der Waals surface area contributed by atoms with Crippen LogP contribution in [-0.4, -0.2) is 11.4 Å². The summed E-state index contributed by atoms with van der Waals surface area (Å²) in [5.41, 5.74) is 8.52. The van der Waals surface area contributed by atoms with Crippen LogP contribution in [0, 0.1) is 6.92 Å². The van der Waals surface area contributed by atoms with Crippen molar-refractivity contribution in [2.45, 2.75) is 58.9 Å². The maximum atomic E-state index is 12.4. The molecular formula is C16H26N2O. The van der Waals surface area contributed by atoms with Gasteiger partial charge >= 0.3 is 0 Å². The summed E-state index contributed by atoms with van der Waals surface area (Å²) in [7, 11) is 0. The highest BCUT2D eigenvalue weighted by atomic mass is 16.2. The van der Waals surface area contributed by atoms with Crippen LogP contribution in [0.2, 0.25) is 0 Å². The Morgan fingerprint density at radius 1 is 1.32 bits per heavy atom. The second kappa shape index (κ2) is 6.20. The van der Waals surface area contributed by atoms with Crippen molar-refractivity contribution >= 4 is 11.6 Å². The fourth-order valence-electron chi connectivity index (χ4n) is 2.15. The van der Waals surface area contributed by atoms with Crippen molar-refractivity contribution in [1.29, 1.82) is 0 Å². The molecule has 1 aromatic rings. The molecule has 0 saturated heterocycles. The van der Waals surface area contributed by atoms with Gasteiger partial charge in [0.25, 0.3) is 0 Å². The normalized spacial score (nSPS) is 11.7. The number of amides is 1. The Bertz CT molecular complexity index is 448. The van der Waals surface area contributed by atoms with Crippen molar-refractivity contribution in [3.8, 4) is 0 Å². The summed E-state index contributed by atoms with van der Waals surface area (Å²) in [6.07, 6.45) is 1.27. The molecule has 1 amide bonds. The Morgan fingerprint density at radius 3 is 2.37 bits per heavy atom. The maximum Gasteiger partial charge on any atom is 0.244 e. The molecule has 1 aromatic carbocycles. The third kappa shape index (κ3) is 3.35. The van der Waals surface area contributed by atoms with Gasteiger partial charge in [-0.25, -0.2) is 0 Å². The van der Waals surface area contributed by atoms with Gasteiger partial charge in [-0.2, -0.15) is 0 Å². The summed E-state index contributed by atoms with van der Waals surface area (Å²) in [4.78, 5) is 12.4. The molecule has 0 spiro atoms. The van der Waals surface area contributed by atoms with E-state index in [4.69, 9.17) is 5.73 Å². The van der Waals surface area contributed by atoms with Crippen LogP contribution >= 0.6 is 0 Å². The van der Waals surface area contributed by atoms with Crippen LogP contribution in [0.1, 0.15) is 57.6 Å². The molecule has 3 N–H and O–H groups in total. The lowest BCUT2D eigenvalue weighted by molar-refractivity contribution is -0.121. The van der Waals surface area contributed by atoms with Gasteiger partial charge in [0.1, 0.15) is 0 Å². The quantitative estimate of drug-likeness (QED) is 0.852. The van der Waals surface area contributed by atoms with Gasteiger partial charge in [0.15, 0.2) is 0 Å². The highest BCUT2D eigenvalue weighted by Crippen LogP contribution is 2.28. The number of rotatable bonds is 5. The van der Waals surface area contributed by atoms with Crippen molar-refractivity contribution in [1.82, 2.24) is 0 Å². The number of hydrogen-bond donors (Lipinski definition) is 2. The van der Waals surface area contributed by atoms with Crippen LogP contribution in [0.15, 0.2) is 18.2 Å². The Labute approximate surface area is 116 Å². The number of carbonyl (C=O) groups is 1. The minimum Gasteiger partial charge on any atom is -0.324 e. The molecule has 0 aromatic heterocycles. The smallest absolute Gasteiger partial charge is 0.244 e. The van der Waals surface area contributed by atoms with Gasteiger partial charge < -0.3 is 11.1 Å². The second-order valence-electron chi connectivity index (χ2n) is 5.51. The summed E-state index contributed by atoms with van der Waals surface area (Å²) >= 11 is 0. The monoisotopic (exact) mass is 262 g/mol. The molecule has 1 rings (SSSR count). The first-order valence-electron chi connectivity index (χ1n) is 7.05. The first-order valence-corrected chi connectivity index (χ1v) is 7.05. The molecule has 0 bridgehead atoms. The average Bonchev–Trinajstić information content (AvgIpc) is 2.39. The van der Waals surface area contributed by atoms with E-state index in [-0.39, 0.29) is 5.91 Å². The number of carbonyl (C=O) groups excluding carboxylic acids is 1. The molecule has 0 heterocycles. The van der Waals surface area contributed by atoms with Crippen molar-refractivity contribution < 1.29 is 4.79 Å². The van der Waals surface area contributed by atoms with E-state index in [1.807, 2.05) is 32.9 Å². The zero-order valence-electron chi connectivity index (χ0n) is 12.7. The SMILES string of the molecule is CCC(N)(CC)C(=O)Nc1c(C)cccc1C(C)C. The number of anilines is 1. The van der Waals surface area contributed by atoms with Crippen molar-refractivity contribution in [3.05, 3.63) is 29.3 Å². The minimum absolute atomic E-state index is 0.0892. The van der Waals surface area contributed by atoms with Gasteiger partial charge in [-0.05, 0) is 36.8 Å².